The van der Waals surface area contributed by atoms with Gasteiger partial charge in [-0.2, -0.15) is 0 Å². The summed E-state index contributed by atoms with van der Waals surface area (Å²) in [7, 11) is 0. The highest BCUT2D eigenvalue weighted by Gasteiger charge is 2.26. The van der Waals surface area contributed by atoms with E-state index < -0.39 is 5.97 Å². The predicted molar refractivity (Wildman–Crippen MR) is 64.9 cm³/mol. The first-order chi connectivity index (χ1) is 7.58. The van der Waals surface area contributed by atoms with Gasteiger partial charge in [-0.05, 0) is 18.2 Å². The number of rotatable bonds is 2. The molecule has 0 aliphatic carbocycles. The molecule has 6 heteroatoms. The molecule has 0 saturated carbocycles. The Bertz CT molecular complexity index is 463. The average molecular weight is 302 g/mol. The molecule has 0 aromatic heterocycles. The van der Waals surface area contributed by atoms with Gasteiger partial charge < -0.3 is 5.11 Å². The van der Waals surface area contributed by atoms with Gasteiger partial charge in [0.1, 0.15) is 6.54 Å². The monoisotopic (exact) mass is 301 g/mol. The quantitative estimate of drug-likeness (QED) is 0.907. The van der Waals surface area contributed by atoms with E-state index >= 15 is 0 Å². The Morgan fingerprint density at radius 2 is 2.31 bits per heavy atom. The number of anilines is 1. The average Bonchev–Trinajstić information content (AvgIpc) is 2.22. The van der Waals surface area contributed by atoms with Gasteiger partial charge in [0.05, 0.1) is 11.4 Å². The number of aliphatic carboxylic acids is 1. The van der Waals surface area contributed by atoms with Crippen LogP contribution in [0.15, 0.2) is 27.6 Å². The second kappa shape index (κ2) is 4.47. The van der Waals surface area contributed by atoms with Crippen LogP contribution in [0.1, 0.15) is 0 Å². The number of amides is 1. The number of halogens is 1. The first-order valence-corrected chi connectivity index (χ1v) is 6.30. The summed E-state index contributed by atoms with van der Waals surface area (Å²) >= 11 is 4.74. The molecule has 1 N–H and O–H groups in total. The predicted octanol–water partition coefficient (Wildman–Crippen LogP) is 1.97. The Labute approximate surface area is 105 Å². The standard InChI is InChI=1S/C10H8BrNO3S/c11-6-1-2-8-7(3-6)12(4-10(14)15)9(13)5-16-8/h1-3H,4-5H2,(H,14,15). The van der Waals surface area contributed by atoms with Crippen LogP contribution in [0.2, 0.25) is 0 Å². The second-order valence-corrected chi connectivity index (χ2v) is 5.21. The van der Waals surface area contributed by atoms with Crippen molar-refractivity contribution in [2.75, 3.05) is 17.2 Å². The van der Waals surface area contributed by atoms with Gasteiger partial charge >= 0.3 is 5.97 Å². The number of carboxylic acids is 1. The van der Waals surface area contributed by atoms with Gasteiger partial charge in [0.2, 0.25) is 5.91 Å². The number of hydrogen-bond acceptors (Lipinski definition) is 3. The van der Waals surface area contributed by atoms with Crippen molar-refractivity contribution in [1.29, 1.82) is 0 Å². The van der Waals surface area contributed by atoms with Gasteiger partial charge in [0.25, 0.3) is 0 Å². The van der Waals surface area contributed by atoms with Gasteiger partial charge in [0.15, 0.2) is 0 Å². The maximum absolute atomic E-state index is 11.6. The second-order valence-electron chi connectivity index (χ2n) is 3.27. The lowest BCUT2D eigenvalue weighted by Gasteiger charge is -2.27. The summed E-state index contributed by atoms with van der Waals surface area (Å²) in [5.41, 5.74) is 0.665. The number of thioether (sulfide) groups is 1. The van der Waals surface area contributed by atoms with Crippen LogP contribution in [0, 0.1) is 0 Å². The third kappa shape index (κ3) is 2.22. The summed E-state index contributed by atoms with van der Waals surface area (Å²) in [6, 6.07) is 5.52. The van der Waals surface area contributed by atoms with E-state index in [2.05, 4.69) is 15.9 Å². The highest BCUT2D eigenvalue weighted by molar-refractivity contribution is 9.10. The van der Waals surface area contributed by atoms with Crippen LogP contribution in [-0.4, -0.2) is 29.3 Å². The van der Waals surface area contributed by atoms with Gasteiger partial charge in [0, 0.05) is 9.37 Å². The molecular weight excluding hydrogens is 294 g/mol. The van der Waals surface area contributed by atoms with Crippen LogP contribution in [0.3, 0.4) is 0 Å². The van der Waals surface area contributed by atoms with Crippen molar-refractivity contribution in [1.82, 2.24) is 0 Å². The highest BCUT2D eigenvalue weighted by Crippen LogP contribution is 2.36. The SMILES string of the molecule is O=C(O)CN1C(=O)CSc2ccc(Br)cc21. The molecule has 1 heterocycles. The molecule has 1 aliphatic rings. The van der Waals surface area contributed by atoms with Crippen molar-refractivity contribution < 1.29 is 14.7 Å². The summed E-state index contributed by atoms with van der Waals surface area (Å²) in [4.78, 5) is 24.6. The molecule has 16 heavy (non-hydrogen) atoms. The lowest BCUT2D eigenvalue weighted by Crippen LogP contribution is -2.39. The van der Waals surface area contributed by atoms with Crippen LogP contribution < -0.4 is 4.90 Å². The first-order valence-electron chi connectivity index (χ1n) is 4.52. The molecular formula is C10H8BrNO3S. The van der Waals surface area contributed by atoms with Crippen molar-refractivity contribution in [3.63, 3.8) is 0 Å². The molecule has 1 amide bonds. The number of carbonyl (C=O) groups is 2. The highest BCUT2D eigenvalue weighted by atomic mass is 79.9. The maximum Gasteiger partial charge on any atom is 0.323 e. The number of hydrogen-bond donors (Lipinski definition) is 1. The molecule has 4 nitrogen and oxygen atoms in total. The lowest BCUT2D eigenvalue weighted by molar-refractivity contribution is -0.136. The molecule has 0 bridgehead atoms. The van der Waals surface area contributed by atoms with Crippen LogP contribution in [0.5, 0.6) is 0 Å². The fourth-order valence-electron chi connectivity index (χ4n) is 1.48. The van der Waals surface area contributed by atoms with E-state index in [0.29, 0.717) is 11.4 Å². The molecule has 1 aliphatic heterocycles. The van der Waals surface area contributed by atoms with Gasteiger partial charge in [-0.1, -0.05) is 15.9 Å². The minimum atomic E-state index is -1.01. The number of nitrogens with zero attached hydrogens (tertiary/aromatic N) is 1. The smallest absolute Gasteiger partial charge is 0.323 e. The van der Waals surface area contributed by atoms with Crippen molar-refractivity contribution >= 4 is 45.3 Å². The molecule has 84 valence electrons. The zero-order valence-corrected chi connectivity index (χ0v) is 10.5. The van der Waals surface area contributed by atoms with E-state index in [4.69, 9.17) is 5.11 Å². The van der Waals surface area contributed by atoms with Crippen LogP contribution >= 0.6 is 27.7 Å². The first kappa shape index (κ1) is 11.5. The molecule has 1 aromatic rings. The van der Waals surface area contributed by atoms with Crippen LogP contribution in [-0.2, 0) is 9.59 Å². The third-order valence-corrected chi connectivity index (χ3v) is 3.70. The van der Waals surface area contributed by atoms with Crippen molar-refractivity contribution in [2.24, 2.45) is 0 Å². The molecule has 2 rings (SSSR count). The minimum absolute atomic E-state index is 0.169. The van der Waals surface area contributed by atoms with Crippen molar-refractivity contribution in [2.45, 2.75) is 4.90 Å². The van der Waals surface area contributed by atoms with E-state index in [1.807, 2.05) is 12.1 Å². The van der Waals surface area contributed by atoms with E-state index in [-0.39, 0.29) is 12.5 Å². The normalized spacial score (nSPS) is 14.8. The van der Waals surface area contributed by atoms with Gasteiger partial charge in [-0.3, -0.25) is 14.5 Å². The summed E-state index contributed by atoms with van der Waals surface area (Å²) in [6.07, 6.45) is 0. The zero-order valence-electron chi connectivity index (χ0n) is 8.14. The summed E-state index contributed by atoms with van der Waals surface area (Å²) < 4.78 is 0.830. The van der Waals surface area contributed by atoms with Crippen LogP contribution in [0.25, 0.3) is 0 Å². The van der Waals surface area contributed by atoms with Crippen molar-refractivity contribution in [3.8, 4) is 0 Å². The fourth-order valence-corrected chi connectivity index (χ4v) is 2.75. The Balaban J connectivity index is 2.42. The Morgan fingerprint density at radius 1 is 1.56 bits per heavy atom. The van der Waals surface area contributed by atoms with Crippen molar-refractivity contribution in [3.05, 3.63) is 22.7 Å². The minimum Gasteiger partial charge on any atom is -0.480 e. The summed E-state index contributed by atoms with van der Waals surface area (Å²) in [6.45, 7) is -0.289. The largest absolute Gasteiger partial charge is 0.480 e. The van der Waals surface area contributed by atoms with Crippen LogP contribution in [0.4, 0.5) is 5.69 Å². The Kier molecular flexibility index (Phi) is 3.20. The third-order valence-electron chi connectivity index (χ3n) is 2.16. The molecule has 0 unspecified atom stereocenters. The molecule has 0 fully saturated rings. The fraction of sp³-hybridized carbons (Fsp3) is 0.200. The topological polar surface area (TPSA) is 57.6 Å². The molecule has 0 spiro atoms. The van der Waals surface area contributed by atoms with E-state index in [9.17, 15) is 9.59 Å². The Hall–Kier alpha value is -1.01. The van der Waals surface area contributed by atoms with E-state index in [1.54, 1.807) is 6.07 Å². The zero-order chi connectivity index (χ0) is 11.7. The summed E-state index contributed by atoms with van der Waals surface area (Å²) in [5.74, 6) is -0.883. The Morgan fingerprint density at radius 3 is 3.00 bits per heavy atom. The number of carboxylic acid groups (broad SMARTS) is 1. The lowest BCUT2D eigenvalue weighted by atomic mass is 10.2. The maximum atomic E-state index is 11.6. The van der Waals surface area contributed by atoms with Gasteiger partial charge in [-0.25, -0.2) is 0 Å². The van der Waals surface area contributed by atoms with E-state index in [1.165, 1.54) is 16.7 Å². The number of fused-ring (bicyclic) bond motifs is 1. The van der Waals surface area contributed by atoms with E-state index in [0.717, 1.165) is 9.37 Å². The molecule has 0 saturated heterocycles. The number of carbonyl (C=O) groups excluding carboxylic acids is 1. The van der Waals surface area contributed by atoms with Gasteiger partial charge in [-0.15, -0.1) is 11.8 Å². The molecule has 0 atom stereocenters. The number of benzene rings is 1. The summed E-state index contributed by atoms with van der Waals surface area (Å²) in [5, 5.41) is 8.77. The molecule has 0 radical (unpaired) electrons. The molecule has 1 aromatic carbocycles.